The minimum Gasteiger partial charge on any atom is -0.445 e. The highest BCUT2D eigenvalue weighted by Gasteiger charge is 2.14. The summed E-state index contributed by atoms with van der Waals surface area (Å²) in [6.07, 6.45) is 2.85. The van der Waals surface area contributed by atoms with E-state index in [2.05, 4.69) is 16.0 Å². The van der Waals surface area contributed by atoms with Crippen molar-refractivity contribution in [2.24, 2.45) is 0 Å². The van der Waals surface area contributed by atoms with Gasteiger partial charge in [-0.3, -0.25) is 4.79 Å². The number of carbonyl (C=O) groups excluding carboxylic acids is 2. The lowest BCUT2D eigenvalue weighted by molar-refractivity contribution is -0.121. The summed E-state index contributed by atoms with van der Waals surface area (Å²) in [5.74, 6) is 0.0261. The lowest BCUT2D eigenvalue weighted by Crippen LogP contribution is -2.37. The van der Waals surface area contributed by atoms with E-state index in [9.17, 15) is 9.59 Å². The van der Waals surface area contributed by atoms with E-state index in [-0.39, 0.29) is 12.5 Å². The maximum absolute atomic E-state index is 11.7. The minimum atomic E-state index is -0.454. The molecule has 1 unspecified atom stereocenters. The van der Waals surface area contributed by atoms with Gasteiger partial charge in [0.15, 0.2) is 0 Å². The summed E-state index contributed by atoms with van der Waals surface area (Å²) < 4.78 is 5.09. The Morgan fingerprint density at radius 1 is 1.22 bits per heavy atom. The molecule has 1 aliphatic rings. The van der Waals surface area contributed by atoms with Crippen molar-refractivity contribution in [3.63, 3.8) is 0 Å². The Morgan fingerprint density at radius 2 is 2.04 bits per heavy atom. The van der Waals surface area contributed by atoms with E-state index in [0.717, 1.165) is 18.5 Å². The number of hydrogen-bond acceptors (Lipinski definition) is 4. The van der Waals surface area contributed by atoms with Gasteiger partial charge in [0.2, 0.25) is 5.91 Å². The van der Waals surface area contributed by atoms with Gasteiger partial charge >= 0.3 is 6.09 Å². The molecule has 0 spiro atoms. The van der Waals surface area contributed by atoms with Gasteiger partial charge in [0, 0.05) is 25.6 Å². The van der Waals surface area contributed by atoms with Crippen LogP contribution in [0.4, 0.5) is 4.79 Å². The maximum atomic E-state index is 11.7. The fraction of sp³-hybridized carbons (Fsp3) is 0.529. The van der Waals surface area contributed by atoms with E-state index in [0.29, 0.717) is 32.0 Å². The van der Waals surface area contributed by atoms with Crippen molar-refractivity contribution >= 4 is 12.0 Å². The van der Waals surface area contributed by atoms with Gasteiger partial charge in [0.25, 0.3) is 0 Å². The molecular weight excluding hydrogens is 294 g/mol. The van der Waals surface area contributed by atoms with Crippen LogP contribution in [0.2, 0.25) is 0 Å². The van der Waals surface area contributed by atoms with Crippen LogP contribution in [0, 0.1) is 0 Å². The van der Waals surface area contributed by atoms with E-state index in [1.54, 1.807) is 0 Å². The van der Waals surface area contributed by atoms with Gasteiger partial charge in [-0.1, -0.05) is 30.3 Å². The van der Waals surface area contributed by atoms with Crippen LogP contribution in [-0.4, -0.2) is 37.7 Å². The molecule has 6 nitrogen and oxygen atoms in total. The molecule has 0 saturated carbocycles. The quantitative estimate of drug-likeness (QED) is 0.635. The first-order valence-electron chi connectivity index (χ1n) is 8.18. The fourth-order valence-corrected chi connectivity index (χ4v) is 2.47. The Labute approximate surface area is 137 Å². The van der Waals surface area contributed by atoms with Crippen molar-refractivity contribution in [2.75, 3.05) is 19.6 Å². The average Bonchev–Trinajstić information content (AvgIpc) is 3.09. The van der Waals surface area contributed by atoms with E-state index >= 15 is 0 Å². The maximum Gasteiger partial charge on any atom is 0.407 e. The fourth-order valence-electron chi connectivity index (χ4n) is 2.47. The van der Waals surface area contributed by atoms with E-state index in [4.69, 9.17) is 4.74 Å². The van der Waals surface area contributed by atoms with Crippen molar-refractivity contribution in [3.8, 4) is 0 Å². The molecule has 0 radical (unpaired) electrons. The molecule has 1 aromatic rings. The highest BCUT2D eigenvalue weighted by Crippen LogP contribution is 2.03. The van der Waals surface area contributed by atoms with Crippen molar-refractivity contribution in [1.29, 1.82) is 0 Å². The molecule has 3 N–H and O–H groups in total. The molecule has 1 saturated heterocycles. The molecular formula is C17H25N3O3. The van der Waals surface area contributed by atoms with Gasteiger partial charge < -0.3 is 20.7 Å². The summed E-state index contributed by atoms with van der Waals surface area (Å²) >= 11 is 0. The molecule has 126 valence electrons. The predicted octanol–water partition coefficient (Wildman–Crippen LogP) is 1.56. The molecule has 1 aliphatic heterocycles. The summed E-state index contributed by atoms with van der Waals surface area (Å²) in [5, 5.41) is 8.90. The van der Waals surface area contributed by atoms with Gasteiger partial charge in [-0.15, -0.1) is 0 Å². The Bertz CT molecular complexity index is 487. The van der Waals surface area contributed by atoms with Crippen molar-refractivity contribution in [2.45, 2.75) is 38.3 Å². The normalized spacial score (nSPS) is 16.8. The standard InChI is InChI=1S/C17H25N3O3/c21-16(20-12-15-8-4-10-18-15)9-5-11-19-17(22)23-13-14-6-2-1-3-7-14/h1-3,6-7,15,18H,4-5,8-13H2,(H,19,22)(H,20,21). The van der Waals surface area contributed by atoms with Crippen LogP contribution < -0.4 is 16.0 Å². The molecule has 1 fully saturated rings. The summed E-state index contributed by atoms with van der Waals surface area (Å²) in [5.41, 5.74) is 0.947. The number of carbonyl (C=O) groups is 2. The summed E-state index contributed by atoms with van der Waals surface area (Å²) in [6.45, 7) is 2.41. The van der Waals surface area contributed by atoms with Gasteiger partial charge in [0.05, 0.1) is 0 Å². The highest BCUT2D eigenvalue weighted by atomic mass is 16.5. The van der Waals surface area contributed by atoms with Crippen molar-refractivity contribution in [1.82, 2.24) is 16.0 Å². The number of amides is 2. The Balaban J connectivity index is 1.47. The van der Waals surface area contributed by atoms with Crippen LogP contribution in [0.3, 0.4) is 0 Å². The lowest BCUT2D eigenvalue weighted by atomic mass is 10.2. The largest absolute Gasteiger partial charge is 0.445 e. The third kappa shape index (κ3) is 7.15. The molecule has 1 atom stereocenters. The molecule has 0 aromatic heterocycles. The monoisotopic (exact) mass is 319 g/mol. The Hall–Kier alpha value is -2.08. The van der Waals surface area contributed by atoms with Crippen LogP contribution in [0.1, 0.15) is 31.2 Å². The van der Waals surface area contributed by atoms with Crippen LogP contribution in [0.15, 0.2) is 30.3 Å². The van der Waals surface area contributed by atoms with Gasteiger partial charge in [-0.25, -0.2) is 4.79 Å². The second-order valence-electron chi connectivity index (χ2n) is 5.69. The van der Waals surface area contributed by atoms with Gasteiger partial charge in [-0.2, -0.15) is 0 Å². The zero-order valence-corrected chi connectivity index (χ0v) is 13.3. The molecule has 1 aromatic carbocycles. The molecule has 2 rings (SSSR count). The first-order valence-corrected chi connectivity index (χ1v) is 8.18. The topological polar surface area (TPSA) is 79.5 Å². The van der Waals surface area contributed by atoms with Crippen LogP contribution in [-0.2, 0) is 16.1 Å². The second-order valence-corrected chi connectivity index (χ2v) is 5.69. The third-order valence-electron chi connectivity index (χ3n) is 3.77. The lowest BCUT2D eigenvalue weighted by Gasteiger charge is -2.11. The van der Waals surface area contributed by atoms with Crippen molar-refractivity contribution < 1.29 is 14.3 Å². The highest BCUT2D eigenvalue weighted by molar-refractivity contribution is 5.76. The van der Waals surface area contributed by atoms with Gasteiger partial charge in [-0.05, 0) is 31.4 Å². The number of hydrogen-bond donors (Lipinski definition) is 3. The van der Waals surface area contributed by atoms with Gasteiger partial charge in [0.1, 0.15) is 6.61 Å². The van der Waals surface area contributed by atoms with Crippen LogP contribution >= 0.6 is 0 Å². The minimum absolute atomic E-state index is 0.0261. The number of rotatable bonds is 8. The average molecular weight is 319 g/mol. The SMILES string of the molecule is O=C(CCCNC(=O)OCc1ccccc1)NCC1CCCN1. The first kappa shape index (κ1) is 17.3. The zero-order valence-electron chi connectivity index (χ0n) is 13.3. The number of benzene rings is 1. The van der Waals surface area contributed by atoms with Crippen LogP contribution in [0.25, 0.3) is 0 Å². The van der Waals surface area contributed by atoms with E-state index < -0.39 is 6.09 Å². The summed E-state index contributed by atoms with van der Waals surface area (Å²) in [4.78, 5) is 23.2. The molecule has 0 aliphatic carbocycles. The smallest absolute Gasteiger partial charge is 0.407 e. The first-order chi connectivity index (χ1) is 11.2. The molecule has 0 bridgehead atoms. The van der Waals surface area contributed by atoms with E-state index in [1.165, 1.54) is 6.42 Å². The van der Waals surface area contributed by atoms with Crippen molar-refractivity contribution in [3.05, 3.63) is 35.9 Å². The predicted molar refractivity (Wildman–Crippen MR) is 87.9 cm³/mol. The van der Waals surface area contributed by atoms with E-state index in [1.807, 2.05) is 30.3 Å². The second kappa shape index (κ2) is 9.84. The molecule has 6 heteroatoms. The zero-order chi connectivity index (χ0) is 16.3. The Morgan fingerprint density at radius 3 is 2.78 bits per heavy atom. The number of nitrogens with one attached hydrogen (secondary N) is 3. The van der Waals surface area contributed by atoms with Crippen LogP contribution in [0.5, 0.6) is 0 Å². The number of ether oxygens (including phenoxy) is 1. The number of alkyl carbamates (subject to hydrolysis) is 1. The molecule has 23 heavy (non-hydrogen) atoms. The third-order valence-corrected chi connectivity index (χ3v) is 3.77. The summed E-state index contributed by atoms with van der Waals surface area (Å²) in [6, 6.07) is 9.92. The Kier molecular flexibility index (Phi) is 7.39. The molecule has 1 heterocycles. The molecule has 2 amide bonds. The summed E-state index contributed by atoms with van der Waals surface area (Å²) in [7, 11) is 0.